The number of aliphatic carboxylic acids is 2. The lowest BCUT2D eigenvalue weighted by Gasteiger charge is -1.98. The number of carboxylic acids is 2. The van der Waals surface area contributed by atoms with E-state index in [0.717, 1.165) is 25.8 Å². The monoisotopic (exact) mass is 508 g/mol. The smallest absolute Gasteiger partial charge is 0.300 e. The number of phenolic OH excluding ortho intramolecular Hbond substituents is 3. The van der Waals surface area contributed by atoms with Crippen LogP contribution in [0.3, 0.4) is 0 Å². The molecule has 0 unspecified atom stereocenters. The van der Waals surface area contributed by atoms with Gasteiger partial charge in [0, 0.05) is 26.3 Å². The Morgan fingerprint density at radius 1 is 0.714 bits per heavy atom. The van der Waals surface area contributed by atoms with Crippen LogP contribution in [-0.4, -0.2) is 47.6 Å². The van der Waals surface area contributed by atoms with E-state index in [2.05, 4.69) is 19.1 Å². The number of carboxylic acid groups (broad SMARTS) is 2. The summed E-state index contributed by atoms with van der Waals surface area (Å²) < 4.78 is 0. The molecule has 2 aromatic rings. The van der Waals surface area contributed by atoms with Crippen molar-refractivity contribution in [2.24, 2.45) is 0 Å². The molecule has 0 bridgehead atoms. The molecule has 0 aliphatic rings. The molecule has 0 aliphatic carbocycles. The van der Waals surface area contributed by atoms with Crippen molar-refractivity contribution in [1.29, 1.82) is 0 Å². The average molecular weight is 509 g/mol. The number of phenols is 3. The maximum Gasteiger partial charge on any atom is 0.300 e. The molecule has 0 aliphatic heterocycles. The van der Waals surface area contributed by atoms with Crippen LogP contribution in [0.15, 0.2) is 42.5 Å². The van der Waals surface area contributed by atoms with Crippen molar-refractivity contribution in [3.63, 3.8) is 0 Å². The number of aromatic hydroxyl groups is 3. The molecule has 0 radical (unpaired) electrons. The van der Waals surface area contributed by atoms with Crippen molar-refractivity contribution in [3.8, 4) is 17.2 Å². The normalized spacial score (nSPS) is 9.46. The van der Waals surface area contributed by atoms with Gasteiger partial charge in [0.25, 0.3) is 11.9 Å². The van der Waals surface area contributed by atoms with Gasteiger partial charge in [0.1, 0.15) is 17.2 Å². The Morgan fingerprint density at radius 3 is 1.57 bits per heavy atom. The maximum atomic E-state index is 9.30. The van der Waals surface area contributed by atoms with Gasteiger partial charge in [0.05, 0.1) is 0 Å². The molecule has 35 heavy (non-hydrogen) atoms. The summed E-state index contributed by atoms with van der Waals surface area (Å²) in [5, 5.41) is 51.4. The van der Waals surface area contributed by atoms with E-state index in [1.807, 2.05) is 6.08 Å². The molecule has 0 amide bonds. The quantitative estimate of drug-likeness (QED) is 0.135. The molecular formula is C26H36O8S. The Labute approximate surface area is 211 Å². The van der Waals surface area contributed by atoms with Gasteiger partial charge in [0.15, 0.2) is 5.05 Å². The van der Waals surface area contributed by atoms with Crippen LogP contribution in [0.5, 0.6) is 17.2 Å². The number of unbranched alkanes of at least 4 members (excludes halogenated alkanes) is 4. The molecule has 2 aromatic carbocycles. The fourth-order valence-corrected chi connectivity index (χ4v) is 2.52. The lowest BCUT2D eigenvalue weighted by atomic mass is 10.1. The summed E-state index contributed by atoms with van der Waals surface area (Å²) in [5.41, 5.74) is 1.63. The van der Waals surface area contributed by atoms with E-state index in [-0.39, 0.29) is 22.3 Å². The third-order valence-corrected chi connectivity index (χ3v) is 3.98. The largest absolute Gasteiger partial charge is 0.508 e. The molecule has 0 fully saturated rings. The topological polar surface area (TPSA) is 156 Å². The van der Waals surface area contributed by atoms with Crippen LogP contribution in [0.25, 0.3) is 12.2 Å². The number of carbonyl (C=O) groups is 2. The van der Waals surface area contributed by atoms with Crippen LogP contribution < -0.4 is 0 Å². The van der Waals surface area contributed by atoms with E-state index in [9.17, 15) is 10.2 Å². The summed E-state index contributed by atoms with van der Waals surface area (Å²) in [5.74, 6) is -1.40. The van der Waals surface area contributed by atoms with E-state index < -0.39 is 11.9 Å². The highest BCUT2D eigenvalue weighted by Gasteiger charge is 1.96. The summed E-state index contributed by atoms with van der Waals surface area (Å²) in [7, 11) is 0. The molecule has 194 valence electrons. The minimum Gasteiger partial charge on any atom is -0.508 e. The second kappa shape index (κ2) is 21.0. The summed E-state index contributed by atoms with van der Waals surface area (Å²) in [6.45, 7) is 4.36. The molecule has 9 heteroatoms. The van der Waals surface area contributed by atoms with E-state index in [1.165, 1.54) is 31.7 Å². The van der Waals surface area contributed by atoms with Gasteiger partial charge in [-0.2, -0.15) is 0 Å². The van der Waals surface area contributed by atoms with Crippen molar-refractivity contribution in [3.05, 3.63) is 53.6 Å². The standard InChI is InChI=1S/C14H12O3.C8H16OS.2C2H4O2/c15-12-5-3-10(4-6-12)1-2-11-7-13(16)9-14(17)8-11;1-2-3-4-5-6-7-8(9)10;2*1-2(3)4/h1-9,15-17H;2-7H2,1H3,(H,9,10);2*1H3,(H,3,4). The van der Waals surface area contributed by atoms with Gasteiger partial charge in [-0.25, -0.2) is 0 Å². The van der Waals surface area contributed by atoms with Gasteiger partial charge in [0.2, 0.25) is 0 Å². The lowest BCUT2D eigenvalue weighted by molar-refractivity contribution is -0.135. The van der Waals surface area contributed by atoms with Gasteiger partial charge >= 0.3 is 0 Å². The molecule has 0 spiro atoms. The minimum absolute atomic E-state index is 0.0235. The van der Waals surface area contributed by atoms with Gasteiger partial charge in [-0.1, -0.05) is 56.9 Å². The molecule has 0 saturated carbocycles. The van der Waals surface area contributed by atoms with Gasteiger partial charge in [-0.05, 0) is 54.0 Å². The van der Waals surface area contributed by atoms with E-state index in [4.69, 9.17) is 30.0 Å². The highest BCUT2D eigenvalue weighted by atomic mass is 32.1. The van der Waals surface area contributed by atoms with Crippen LogP contribution in [0.1, 0.15) is 70.4 Å². The van der Waals surface area contributed by atoms with Crippen LogP contribution in [-0.2, 0) is 9.59 Å². The lowest BCUT2D eigenvalue weighted by Crippen LogP contribution is -1.90. The van der Waals surface area contributed by atoms with Gasteiger partial charge in [-0.3, -0.25) is 9.59 Å². The molecule has 0 atom stereocenters. The Hall–Kier alpha value is -3.59. The van der Waals surface area contributed by atoms with Crippen LogP contribution in [0.2, 0.25) is 0 Å². The molecule has 0 heterocycles. The fourth-order valence-electron chi connectivity index (χ4n) is 2.37. The predicted molar refractivity (Wildman–Crippen MR) is 142 cm³/mol. The van der Waals surface area contributed by atoms with Crippen LogP contribution in [0, 0.1) is 0 Å². The van der Waals surface area contributed by atoms with Crippen molar-refractivity contribution < 1.29 is 40.2 Å². The first-order chi connectivity index (χ1) is 16.4. The number of aliphatic hydroxyl groups is 1. The fraction of sp³-hybridized carbons (Fsp3) is 0.346. The van der Waals surface area contributed by atoms with Crippen molar-refractivity contribution in [2.75, 3.05) is 0 Å². The number of rotatable bonds is 8. The Morgan fingerprint density at radius 2 is 1.14 bits per heavy atom. The number of hydrogen-bond donors (Lipinski definition) is 6. The number of benzene rings is 2. The molecule has 8 nitrogen and oxygen atoms in total. The highest BCUT2D eigenvalue weighted by Crippen LogP contribution is 2.22. The van der Waals surface area contributed by atoms with Crippen molar-refractivity contribution in [1.82, 2.24) is 0 Å². The van der Waals surface area contributed by atoms with E-state index in [0.29, 0.717) is 12.0 Å². The molecule has 6 N–H and O–H groups in total. The third-order valence-electron chi connectivity index (χ3n) is 3.78. The Balaban J connectivity index is 0. The minimum atomic E-state index is -0.833. The summed E-state index contributed by atoms with van der Waals surface area (Å²) >= 11 is 4.53. The second-order valence-corrected chi connectivity index (χ2v) is 7.77. The summed E-state index contributed by atoms with van der Waals surface area (Å²) in [6.07, 6.45) is 10.4. The Bertz CT molecular complexity index is 868. The number of aliphatic hydroxyl groups excluding tert-OH is 1. The molecule has 2 rings (SSSR count). The molecule has 0 saturated heterocycles. The first kappa shape index (κ1) is 33.6. The zero-order valence-corrected chi connectivity index (χ0v) is 21.2. The van der Waals surface area contributed by atoms with Gasteiger partial charge in [-0.15, -0.1) is 0 Å². The SMILES string of the molecule is CC(=O)O.CC(=O)O.CCCCCCCC(O)=S.Oc1ccc(C=Cc2cc(O)cc(O)c2)cc1. The Kier molecular flexibility index (Phi) is 20.1. The summed E-state index contributed by atoms with van der Waals surface area (Å²) in [6, 6.07) is 11.1. The van der Waals surface area contributed by atoms with Crippen molar-refractivity contribution >= 4 is 41.4 Å². The first-order valence-electron chi connectivity index (χ1n) is 11.0. The van der Waals surface area contributed by atoms with E-state index in [1.54, 1.807) is 42.5 Å². The van der Waals surface area contributed by atoms with Crippen molar-refractivity contribution in [2.45, 2.75) is 59.3 Å². The average Bonchev–Trinajstić information content (AvgIpc) is 2.72. The van der Waals surface area contributed by atoms with E-state index >= 15 is 0 Å². The number of thiocarbonyl (C=S) groups is 1. The summed E-state index contributed by atoms with van der Waals surface area (Å²) in [4.78, 5) is 18.0. The van der Waals surface area contributed by atoms with Gasteiger partial charge < -0.3 is 30.6 Å². The number of hydrogen-bond acceptors (Lipinski definition) is 6. The molecular weight excluding hydrogens is 472 g/mol. The first-order valence-corrected chi connectivity index (χ1v) is 11.4. The third kappa shape index (κ3) is 26.5. The zero-order valence-electron chi connectivity index (χ0n) is 20.3. The van der Waals surface area contributed by atoms with Crippen LogP contribution >= 0.6 is 12.2 Å². The predicted octanol–water partition coefficient (Wildman–Crippen LogP) is 6.39. The zero-order chi connectivity index (χ0) is 27.2. The molecule has 0 aromatic heterocycles. The van der Waals surface area contributed by atoms with Crippen LogP contribution in [0.4, 0.5) is 0 Å². The maximum absolute atomic E-state index is 9.30. The second-order valence-electron chi connectivity index (χ2n) is 7.30. The highest BCUT2D eigenvalue weighted by molar-refractivity contribution is 7.80.